The maximum Gasteiger partial charge on any atom is 0.307 e. The number of rotatable bonds is 8. The first-order valence-corrected chi connectivity index (χ1v) is 10.1. The summed E-state index contributed by atoms with van der Waals surface area (Å²) in [6.07, 6.45) is 1.36. The van der Waals surface area contributed by atoms with E-state index in [-0.39, 0.29) is 17.2 Å². The molecule has 1 atom stereocenters. The normalized spacial score (nSPS) is 16.2. The number of esters is 1. The number of amides is 1. The molecule has 1 N–H and O–H groups in total. The molecule has 0 unspecified atom stereocenters. The molecule has 7 nitrogen and oxygen atoms in total. The van der Waals surface area contributed by atoms with Crippen molar-refractivity contribution in [2.45, 2.75) is 36.6 Å². The first-order chi connectivity index (χ1) is 12.2. The molecule has 1 saturated carbocycles. The van der Waals surface area contributed by atoms with E-state index in [1.54, 1.807) is 6.92 Å². The second-order valence-corrected chi connectivity index (χ2v) is 8.87. The standard InChI is InChI=1S/C17H19ClN2O5S/c1-17(11-19,12-2-3-12)20-15(21)10-25-16(22)8-9-26(23,24)14-6-4-13(18)5-7-14/h4-7,12H,2-3,8-10H2,1H3,(H,20,21)/t17-/m0/s1. The topological polar surface area (TPSA) is 113 Å². The van der Waals surface area contributed by atoms with Gasteiger partial charge in [0.05, 0.1) is 23.1 Å². The van der Waals surface area contributed by atoms with Crippen LogP contribution in [-0.2, 0) is 24.2 Å². The molecule has 0 saturated heterocycles. The van der Waals surface area contributed by atoms with Crippen molar-refractivity contribution in [3.8, 4) is 6.07 Å². The fourth-order valence-corrected chi connectivity index (χ4v) is 3.75. The van der Waals surface area contributed by atoms with Gasteiger partial charge in [-0.15, -0.1) is 0 Å². The fraction of sp³-hybridized carbons (Fsp3) is 0.471. The van der Waals surface area contributed by atoms with Gasteiger partial charge >= 0.3 is 5.97 Å². The van der Waals surface area contributed by atoms with Crippen molar-refractivity contribution in [3.63, 3.8) is 0 Å². The molecule has 140 valence electrons. The molecule has 9 heteroatoms. The zero-order valence-corrected chi connectivity index (χ0v) is 15.8. The van der Waals surface area contributed by atoms with Crippen LogP contribution in [0.15, 0.2) is 29.2 Å². The van der Waals surface area contributed by atoms with Crippen LogP contribution in [0.3, 0.4) is 0 Å². The summed E-state index contributed by atoms with van der Waals surface area (Å²) in [5.74, 6) is -1.72. The summed E-state index contributed by atoms with van der Waals surface area (Å²) in [5.41, 5.74) is -0.971. The molecule has 0 spiro atoms. The number of benzene rings is 1. The van der Waals surface area contributed by atoms with Gasteiger partial charge in [0.1, 0.15) is 5.54 Å². The van der Waals surface area contributed by atoms with Crippen molar-refractivity contribution in [1.29, 1.82) is 5.26 Å². The van der Waals surface area contributed by atoms with Crippen molar-refractivity contribution in [2.75, 3.05) is 12.4 Å². The lowest BCUT2D eigenvalue weighted by Gasteiger charge is -2.22. The van der Waals surface area contributed by atoms with E-state index < -0.39 is 39.6 Å². The lowest BCUT2D eigenvalue weighted by molar-refractivity contribution is -0.148. The zero-order chi connectivity index (χ0) is 19.4. The van der Waals surface area contributed by atoms with Gasteiger partial charge in [-0.25, -0.2) is 8.42 Å². The molecule has 1 aliphatic rings. The average molecular weight is 399 g/mol. The predicted octanol–water partition coefficient (Wildman–Crippen LogP) is 1.86. The van der Waals surface area contributed by atoms with E-state index in [0.29, 0.717) is 5.02 Å². The minimum absolute atomic E-state index is 0.0571. The van der Waals surface area contributed by atoms with E-state index in [9.17, 15) is 23.3 Å². The van der Waals surface area contributed by atoms with Crippen LogP contribution in [0.5, 0.6) is 0 Å². The number of nitrogens with one attached hydrogen (secondary N) is 1. The summed E-state index contributed by atoms with van der Waals surface area (Å²) in [6.45, 7) is 1.08. The van der Waals surface area contributed by atoms with Crippen LogP contribution in [0.25, 0.3) is 0 Å². The van der Waals surface area contributed by atoms with E-state index >= 15 is 0 Å². The van der Waals surface area contributed by atoms with Crippen LogP contribution in [0.1, 0.15) is 26.2 Å². The van der Waals surface area contributed by atoms with E-state index in [1.165, 1.54) is 24.3 Å². The maximum absolute atomic E-state index is 12.1. The zero-order valence-electron chi connectivity index (χ0n) is 14.2. The highest BCUT2D eigenvalue weighted by molar-refractivity contribution is 7.91. The predicted molar refractivity (Wildman–Crippen MR) is 94.0 cm³/mol. The largest absolute Gasteiger partial charge is 0.456 e. The van der Waals surface area contributed by atoms with E-state index in [4.69, 9.17) is 16.3 Å². The molecule has 1 aromatic carbocycles. The van der Waals surface area contributed by atoms with Gasteiger partial charge in [0.25, 0.3) is 5.91 Å². The van der Waals surface area contributed by atoms with Crippen molar-refractivity contribution in [1.82, 2.24) is 5.32 Å². The lowest BCUT2D eigenvalue weighted by atomic mass is 9.98. The molecule has 1 aromatic rings. The minimum atomic E-state index is -3.65. The Labute approximate surface area is 157 Å². The maximum atomic E-state index is 12.1. The average Bonchev–Trinajstić information content (AvgIpc) is 3.44. The molecule has 0 bridgehead atoms. The first kappa shape index (κ1) is 20.2. The Bertz CT molecular complexity index is 828. The number of hydrogen-bond donors (Lipinski definition) is 1. The van der Waals surface area contributed by atoms with Gasteiger partial charge in [-0.1, -0.05) is 11.6 Å². The van der Waals surface area contributed by atoms with Gasteiger partial charge in [0.2, 0.25) is 0 Å². The van der Waals surface area contributed by atoms with Gasteiger partial charge in [-0.05, 0) is 49.9 Å². The Morgan fingerprint density at radius 1 is 1.35 bits per heavy atom. The van der Waals surface area contributed by atoms with Gasteiger partial charge < -0.3 is 10.1 Å². The Hall–Kier alpha value is -2.11. The molecule has 0 aliphatic heterocycles. The molecule has 0 radical (unpaired) electrons. The number of nitrogens with zero attached hydrogens (tertiary/aromatic N) is 1. The van der Waals surface area contributed by atoms with Crippen molar-refractivity contribution < 1.29 is 22.7 Å². The number of halogens is 1. The highest BCUT2D eigenvalue weighted by Gasteiger charge is 2.43. The highest BCUT2D eigenvalue weighted by atomic mass is 35.5. The van der Waals surface area contributed by atoms with Gasteiger partial charge in [-0.2, -0.15) is 5.26 Å². The Morgan fingerprint density at radius 2 is 1.96 bits per heavy atom. The Kier molecular flexibility index (Phi) is 6.26. The summed E-state index contributed by atoms with van der Waals surface area (Å²) < 4.78 is 29.1. The summed E-state index contributed by atoms with van der Waals surface area (Å²) in [5, 5.41) is 12.1. The third-order valence-corrected chi connectivity index (χ3v) is 6.12. The highest BCUT2D eigenvalue weighted by Crippen LogP contribution is 2.39. The molecule has 0 aromatic heterocycles. The number of carbonyl (C=O) groups is 2. The molecule has 1 amide bonds. The third kappa shape index (κ3) is 5.44. The quantitative estimate of drug-likeness (QED) is 0.668. The van der Waals surface area contributed by atoms with Crippen molar-refractivity contribution in [3.05, 3.63) is 29.3 Å². The number of hydrogen-bond acceptors (Lipinski definition) is 6. The number of sulfone groups is 1. The van der Waals surface area contributed by atoms with E-state index in [1.807, 2.05) is 0 Å². The van der Waals surface area contributed by atoms with Crippen molar-refractivity contribution in [2.24, 2.45) is 5.92 Å². The monoisotopic (exact) mass is 398 g/mol. The molecule has 26 heavy (non-hydrogen) atoms. The van der Waals surface area contributed by atoms with E-state index in [0.717, 1.165) is 12.8 Å². The SMILES string of the molecule is C[C@@](C#N)(NC(=O)COC(=O)CCS(=O)(=O)c1ccc(Cl)cc1)C1CC1. The molecule has 1 fully saturated rings. The molecule has 1 aliphatic carbocycles. The lowest BCUT2D eigenvalue weighted by Crippen LogP contribution is -2.48. The van der Waals surface area contributed by atoms with Crippen LogP contribution in [0.2, 0.25) is 5.02 Å². The van der Waals surface area contributed by atoms with Crippen LogP contribution in [0.4, 0.5) is 0 Å². The molecule has 2 rings (SSSR count). The second-order valence-electron chi connectivity index (χ2n) is 6.32. The minimum Gasteiger partial charge on any atom is -0.456 e. The van der Waals surface area contributed by atoms with Crippen LogP contribution in [-0.4, -0.2) is 38.2 Å². The summed E-state index contributed by atoms with van der Waals surface area (Å²) in [6, 6.07) is 7.68. The van der Waals surface area contributed by atoms with E-state index in [2.05, 4.69) is 11.4 Å². The van der Waals surface area contributed by atoms with Gasteiger partial charge in [0, 0.05) is 5.02 Å². The second kappa shape index (κ2) is 8.06. The van der Waals surface area contributed by atoms with Gasteiger partial charge in [0.15, 0.2) is 16.4 Å². The fourth-order valence-electron chi connectivity index (χ4n) is 2.40. The number of ether oxygens (including phenoxy) is 1. The first-order valence-electron chi connectivity index (χ1n) is 8.02. The summed E-state index contributed by atoms with van der Waals surface area (Å²) >= 11 is 5.71. The molecular weight excluding hydrogens is 380 g/mol. The third-order valence-electron chi connectivity index (χ3n) is 4.14. The smallest absolute Gasteiger partial charge is 0.307 e. The Balaban J connectivity index is 1.79. The molecule has 0 heterocycles. The molecular formula is C17H19ClN2O5S. The van der Waals surface area contributed by atoms with Crippen LogP contribution >= 0.6 is 11.6 Å². The van der Waals surface area contributed by atoms with Crippen LogP contribution in [0, 0.1) is 17.2 Å². The van der Waals surface area contributed by atoms with Crippen molar-refractivity contribution >= 4 is 33.3 Å². The Morgan fingerprint density at radius 3 is 2.50 bits per heavy atom. The number of carbonyl (C=O) groups excluding carboxylic acids is 2. The van der Waals surface area contributed by atoms with Crippen LogP contribution < -0.4 is 5.32 Å². The summed E-state index contributed by atoms with van der Waals surface area (Å²) in [4.78, 5) is 23.6. The summed E-state index contributed by atoms with van der Waals surface area (Å²) in [7, 11) is -3.65. The number of nitriles is 1. The van der Waals surface area contributed by atoms with Gasteiger partial charge in [-0.3, -0.25) is 9.59 Å².